The van der Waals surface area contributed by atoms with Crippen molar-refractivity contribution >= 4 is 12.4 Å². The van der Waals surface area contributed by atoms with Crippen molar-refractivity contribution in [2.24, 2.45) is 5.92 Å². The number of aliphatic hydroxyl groups excluding tert-OH is 1. The van der Waals surface area contributed by atoms with Gasteiger partial charge in [0.2, 0.25) is 0 Å². The van der Waals surface area contributed by atoms with Crippen LogP contribution in [0, 0.1) is 5.92 Å². The van der Waals surface area contributed by atoms with Gasteiger partial charge >= 0.3 is 6.09 Å². The Morgan fingerprint density at radius 3 is 2.75 bits per heavy atom. The Balaban J connectivity index is 2.08. The van der Waals surface area contributed by atoms with Crippen LogP contribution in [0.2, 0.25) is 0 Å². The average molecular weight is 331 g/mol. The number of rotatable bonds is 6. The van der Waals surface area contributed by atoms with Crippen LogP contribution in [0.15, 0.2) is 42.5 Å². The number of piperidine rings is 1. The van der Waals surface area contributed by atoms with Gasteiger partial charge < -0.3 is 9.84 Å². The van der Waals surface area contributed by atoms with Crippen molar-refractivity contribution in [2.75, 3.05) is 6.61 Å². The molecule has 5 heteroatoms. The fourth-order valence-corrected chi connectivity index (χ4v) is 3.21. The molecule has 0 bridgehead atoms. The molecule has 0 aromatic heterocycles. The lowest BCUT2D eigenvalue weighted by Crippen LogP contribution is -2.54. The topological polar surface area (TPSA) is 66.8 Å². The third kappa shape index (κ3) is 4.68. The van der Waals surface area contributed by atoms with Crippen LogP contribution in [-0.2, 0) is 16.1 Å². The molecule has 1 aliphatic heterocycles. The van der Waals surface area contributed by atoms with E-state index in [9.17, 15) is 14.7 Å². The Morgan fingerprint density at radius 1 is 1.33 bits per heavy atom. The first-order valence-corrected chi connectivity index (χ1v) is 8.37. The van der Waals surface area contributed by atoms with Gasteiger partial charge in [-0.2, -0.15) is 0 Å². The largest absolute Gasteiger partial charge is 0.445 e. The minimum atomic E-state index is -0.408. The maximum absolute atomic E-state index is 12.6. The standard InChI is InChI=1S/C19H25NO4/c1-15-10-11-17(13-22)20(18(15)9-5-6-12-21)19(23)24-14-16-7-3-2-4-8-16/h2-8,12,15,17-18,22H,9-11,13-14H2,1H3/b6-5+/t15-,17-,18-/m0/s1. The highest BCUT2D eigenvalue weighted by molar-refractivity contribution is 5.69. The van der Waals surface area contributed by atoms with Gasteiger partial charge in [0.1, 0.15) is 12.9 Å². The number of aldehydes is 1. The summed E-state index contributed by atoms with van der Waals surface area (Å²) < 4.78 is 5.47. The summed E-state index contributed by atoms with van der Waals surface area (Å²) in [4.78, 5) is 24.8. The van der Waals surface area contributed by atoms with E-state index in [1.807, 2.05) is 30.3 Å². The molecule has 0 unspecified atom stereocenters. The smallest absolute Gasteiger partial charge is 0.410 e. The SMILES string of the molecule is C[C@H]1CC[C@@H](CO)N(C(=O)OCc2ccccc2)[C@H]1C/C=C/C=O. The number of likely N-dealkylation sites (tertiary alicyclic amines) is 1. The highest BCUT2D eigenvalue weighted by atomic mass is 16.6. The second-order valence-corrected chi connectivity index (χ2v) is 6.21. The Morgan fingerprint density at radius 2 is 2.08 bits per heavy atom. The number of carbonyl (C=O) groups is 2. The van der Waals surface area contributed by atoms with Gasteiger partial charge in [0.15, 0.2) is 0 Å². The van der Waals surface area contributed by atoms with Crippen molar-refractivity contribution in [1.82, 2.24) is 4.90 Å². The number of carbonyl (C=O) groups excluding carboxylic acids is 2. The second-order valence-electron chi connectivity index (χ2n) is 6.21. The van der Waals surface area contributed by atoms with Gasteiger partial charge in [0.05, 0.1) is 12.6 Å². The van der Waals surface area contributed by atoms with Gasteiger partial charge in [-0.15, -0.1) is 0 Å². The average Bonchev–Trinajstić information content (AvgIpc) is 2.62. The number of benzene rings is 1. The highest BCUT2D eigenvalue weighted by Crippen LogP contribution is 2.31. The number of amides is 1. The third-order valence-corrected chi connectivity index (χ3v) is 4.58. The molecule has 3 atom stereocenters. The molecule has 0 spiro atoms. The molecule has 0 aliphatic carbocycles. The fraction of sp³-hybridized carbons (Fsp3) is 0.474. The number of allylic oxidation sites excluding steroid dienone is 1. The molecule has 1 aromatic carbocycles. The van der Waals surface area contributed by atoms with Crippen LogP contribution < -0.4 is 0 Å². The van der Waals surface area contributed by atoms with Crippen LogP contribution >= 0.6 is 0 Å². The molecule has 1 heterocycles. The molecule has 1 N–H and O–H groups in total. The Hall–Kier alpha value is -2.14. The molecule has 1 aromatic rings. The van der Waals surface area contributed by atoms with E-state index in [-0.39, 0.29) is 31.2 Å². The van der Waals surface area contributed by atoms with E-state index >= 15 is 0 Å². The summed E-state index contributed by atoms with van der Waals surface area (Å²) in [6.45, 7) is 2.21. The van der Waals surface area contributed by atoms with Gasteiger partial charge in [-0.25, -0.2) is 4.79 Å². The first-order chi connectivity index (χ1) is 11.7. The van der Waals surface area contributed by atoms with Crippen molar-refractivity contribution in [1.29, 1.82) is 0 Å². The number of hydrogen-bond donors (Lipinski definition) is 1. The molecule has 2 rings (SSSR count). The summed E-state index contributed by atoms with van der Waals surface area (Å²) in [7, 11) is 0. The molecule has 5 nitrogen and oxygen atoms in total. The maximum Gasteiger partial charge on any atom is 0.410 e. The summed E-state index contributed by atoms with van der Waals surface area (Å²) in [6, 6.07) is 9.20. The van der Waals surface area contributed by atoms with Crippen molar-refractivity contribution in [3.8, 4) is 0 Å². The summed E-state index contributed by atoms with van der Waals surface area (Å²) in [5, 5.41) is 9.65. The molecular formula is C19H25NO4. The summed E-state index contributed by atoms with van der Waals surface area (Å²) in [5.41, 5.74) is 0.925. The lowest BCUT2D eigenvalue weighted by molar-refractivity contribution is -0.104. The van der Waals surface area contributed by atoms with E-state index in [2.05, 4.69) is 6.92 Å². The minimum Gasteiger partial charge on any atom is -0.445 e. The fourth-order valence-electron chi connectivity index (χ4n) is 3.21. The number of ether oxygens (including phenoxy) is 1. The molecular weight excluding hydrogens is 306 g/mol. The van der Waals surface area contributed by atoms with Crippen LogP contribution in [0.25, 0.3) is 0 Å². The van der Waals surface area contributed by atoms with Crippen molar-refractivity contribution < 1.29 is 19.4 Å². The van der Waals surface area contributed by atoms with Crippen LogP contribution in [0.3, 0.4) is 0 Å². The maximum atomic E-state index is 12.6. The van der Waals surface area contributed by atoms with E-state index in [1.54, 1.807) is 11.0 Å². The molecule has 1 aliphatic rings. The predicted octanol–water partition coefficient (Wildman–Crippen LogP) is 2.93. The monoisotopic (exact) mass is 331 g/mol. The number of aliphatic hydroxyl groups is 1. The molecule has 0 saturated carbocycles. The number of hydrogen-bond acceptors (Lipinski definition) is 4. The van der Waals surface area contributed by atoms with E-state index < -0.39 is 6.09 Å². The van der Waals surface area contributed by atoms with Crippen LogP contribution in [0.5, 0.6) is 0 Å². The first-order valence-electron chi connectivity index (χ1n) is 8.37. The zero-order valence-corrected chi connectivity index (χ0v) is 14.0. The number of nitrogens with zero attached hydrogens (tertiary/aromatic N) is 1. The van der Waals surface area contributed by atoms with Crippen LogP contribution in [-0.4, -0.2) is 41.1 Å². The quantitative estimate of drug-likeness (QED) is 0.643. The Kier molecular flexibility index (Phi) is 7.00. The second kappa shape index (κ2) is 9.23. The zero-order chi connectivity index (χ0) is 17.4. The molecule has 1 amide bonds. The Labute approximate surface area is 142 Å². The third-order valence-electron chi connectivity index (χ3n) is 4.58. The van der Waals surface area contributed by atoms with E-state index in [4.69, 9.17) is 4.74 Å². The molecule has 24 heavy (non-hydrogen) atoms. The zero-order valence-electron chi connectivity index (χ0n) is 14.0. The van der Waals surface area contributed by atoms with Crippen LogP contribution in [0.4, 0.5) is 4.79 Å². The minimum absolute atomic E-state index is 0.0737. The molecule has 1 saturated heterocycles. The van der Waals surface area contributed by atoms with Crippen molar-refractivity contribution in [3.05, 3.63) is 48.0 Å². The van der Waals surface area contributed by atoms with E-state index in [0.717, 1.165) is 24.7 Å². The molecule has 0 radical (unpaired) electrons. The Bertz CT molecular complexity index is 558. The first kappa shape index (κ1) is 18.2. The lowest BCUT2D eigenvalue weighted by Gasteiger charge is -2.44. The van der Waals surface area contributed by atoms with Crippen molar-refractivity contribution in [2.45, 2.75) is 44.9 Å². The van der Waals surface area contributed by atoms with E-state index in [0.29, 0.717) is 6.42 Å². The van der Waals surface area contributed by atoms with Gasteiger partial charge in [-0.05, 0) is 36.8 Å². The van der Waals surface area contributed by atoms with Gasteiger partial charge in [0, 0.05) is 6.04 Å². The van der Waals surface area contributed by atoms with Gasteiger partial charge in [-0.1, -0.05) is 43.3 Å². The highest BCUT2D eigenvalue weighted by Gasteiger charge is 2.38. The normalized spacial score (nSPS) is 24.1. The molecule has 1 fully saturated rings. The van der Waals surface area contributed by atoms with Crippen molar-refractivity contribution in [3.63, 3.8) is 0 Å². The molecule has 130 valence electrons. The van der Waals surface area contributed by atoms with Gasteiger partial charge in [0.25, 0.3) is 0 Å². The summed E-state index contributed by atoms with van der Waals surface area (Å²) in [5.74, 6) is 0.286. The predicted molar refractivity (Wildman–Crippen MR) is 91.3 cm³/mol. The van der Waals surface area contributed by atoms with Gasteiger partial charge in [-0.3, -0.25) is 9.69 Å². The lowest BCUT2D eigenvalue weighted by atomic mass is 9.85. The summed E-state index contributed by atoms with van der Waals surface area (Å²) >= 11 is 0. The van der Waals surface area contributed by atoms with Crippen LogP contribution in [0.1, 0.15) is 31.7 Å². The van der Waals surface area contributed by atoms with E-state index in [1.165, 1.54) is 6.08 Å². The summed E-state index contributed by atoms with van der Waals surface area (Å²) in [6.07, 6.45) is 5.81.